The summed E-state index contributed by atoms with van der Waals surface area (Å²) >= 11 is 0. The SMILES string of the molecule is COc1ccc(S(=O)(=O)N(C)C(=O)Cn2ccc3ccccc32)cc1. The van der Waals surface area contributed by atoms with E-state index in [1.807, 2.05) is 30.3 Å². The number of methoxy groups -OCH3 is 1. The van der Waals surface area contributed by atoms with Gasteiger partial charge in [0.15, 0.2) is 0 Å². The predicted octanol–water partition coefficient (Wildman–Crippen LogP) is 2.50. The van der Waals surface area contributed by atoms with Crippen LogP contribution in [0.4, 0.5) is 0 Å². The van der Waals surface area contributed by atoms with Crippen LogP contribution in [0.15, 0.2) is 65.7 Å². The lowest BCUT2D eigenvalue weighted by molar-refractivity contribution is -0.126. The highest BCUT2D eigenvalue weighted by atomic mass is 32.2. The highest BCUT2D eigenvalue weighted by molar-refractivity contribution is 7.89. The van der Waals surface area contributed by atoms with Crippen molar-refractivity contribution >= 4 is 26.8 Å². The molecule has 6 nitrogen and oxygen atoms in total. The second-order valence-corrected chi connectivity index (χ2v) is 7.51. The second-order valence-electron chi connectivity index (χ2n) is 5.54. The van der Waals surface area contributed by atoms with Crippen LogP contribution in [-0.2, 0) is 21.4 Å². The van der Waals surface area contributed by atoms with Crippen LogP contribution < -0.4 is 4.74 Å². The second kappa shape index (κ2) is 6.60. The van der Waals surface area contributed by atoms with Crippen molar-refractivity contribution in [1.29, 1.82) is 0 Å². The number of amides is 1. The number of benzene rings is 2. The molecule has 3 aromatic rings. The summed E-state index contributed by atoms with van der Waals surface area (Å²) in [6.45, 7) is -0.0562. The number of carbonyl (C=O) groups is 1. The third-order valence-electron chi connectivity index (χ3n) is 4.05. The molecular formula is C18H18N2O4S. The van der Waals surface area contributed by atoms with E-state index in [1.54, 1.807) is 22.9 Å². The summed E-state index contributed by atoms with van der Waals surface area (Å²) in [6.07, 6.45) is 1.77. The summed E-state index contributed by atoms with van der Waals surface area (Å²) in [6, 6.07) is 15.4. The number of hydrogen-bond donors (Lipinski definition) is 0. The molecule has 130 valence electrons. The van der Waals surface area contributed by atoms with E-state index in [0.29, 0.717) is 5.75 Å². The van der Waals surface area contributed by atoms with Gasteiger partial charge in [0.25, 0.3) is 15.9 Å². The molecule has 25 heavy (non-hydrogen) atoms. The third-order valence-corrected chi connectivity index (χ3v) is 5.85. The summed E-state index contributed by atoms with van der Waals surface area (Å²) in [5.41, 5.74) is 0.881. The summed E-state index contributed by atoms with van der Waals surface area (Å²) in [5, 5.41) is 0.996. The molecule has 0 atom stereocenters. The molecule has 0 aliphatic heterocycles. The zero-order valence-electron chi connectivity index (χ0n) is 13.9. The molecule has 0 fully saturated rings. The van der Waals surface area contributed by atoms with Gasteiger partial charge >= 0.3 is 0 Å². The Kier molecular flexibility index (Phi) is 4.50. The van der Waals surface area contributed by atoms with Crippen LogP contribution >= 0.6 is 0 Å². The first-order chi connectivity index (χ1) is 11.9. The Labute approximate surface area is 146 Å². The Morgan fingerprint density at radius 1 is 1.08 bits per heavy atom. The maximum Gasteiger partial charge on any atom is 0.266 e. The quantitative estimate of drug-likeness (QED) is 0.703. The molecule has 0 saturated carbocycles. The average molecular weight is 358 g/mol. The molecule has 0 spiro atoms. The fraction of sp³-hybridized carbons (Fsp3) is 0.167. The number of likely N-dealkylation sites (N-methyl/N-ethyl adjacent to an activating group) is 1. The minimum absolute atomic E-state index is 0.0431. The predicted molar refractivity (Wildman–Crippen MR) is 94.9 cm³/mol. The van der Waals surface area contributed by atoms with Crippen molar-refractivity contribution in [2.75, 3.05) is 14.2 Å². The fourth-order valence-corrected chi connectivity index (χ4v) is 3.69. The number of carbonyl (C=O) groups excluding carboxylic acids is 1. The molecule has 0 unspecified atom stereocenters. The van der Waals surface area contributed by atoms with E-state index in [9.17, 15) is 13.2 Å². The molecular weight excluding hydrogens is 340 g/mol. The smallest absolute Gasteiger partial charge is 0.266 e. The largest absolute Gasteiger partial charge is 0.497 e. The number of fused-ring (bicyclic) bond motifs is 1. The van der Waals surface area contributed by atoms with Gasteiger partial charge in [0.1, 0.15) is 12.3 Å². The van der Waals surface area contributed by atoms with Crippen molar-refractivity contribution in [2.24, 2.45) is 0 Å². The molecule has 0 bridgehead atoms. The van der Waals surface area contributed by atoms with Gasteiger partial charge in [0.2, 0.25) is 0 Å². The van der Waals surface area contributed by atoms with E-state index in [2.05, 4.69) is 0 Å². The van der Waals surface area contributed by atoms with E-state index in [-0.39, 0.29) is 11.4 Å². The van der Waals surface area contributed by atoms with Crippen molar-refractivity contribution in [3.8, 4) is 5.75 Å². The number of hydrogen-bond acceptors (Lipinski definition) is 4. The molecule has 3 rings (SSSR count). The first-order valence-electron chi connectivity index (χ1n) is 7.63. The van der Waals surface area contributed by atoms with Gasteiger partial charge < -0.3 is 9.30 Å². The van der Waals surface area contributed by atoms with Crippen LogP contribution in [0.2, 0.25) is 0 Å². The number of ether oxygens (including phenoxy) is 1. The minimum Gasteiger partial charge on any atom is -0.497 e. The molecule has 7 heteroatoms. The summed E-state index contributed by atoms with van der Waals surface area (Å²) in [5.74, 6) is 0.0314. The van der Waals surface area contributed by atoms with Crippen molar-refractivity contribution in [2.45, 2.75) is 11.4 Å². The van der Waals surface area contributed by atoms with Gasteiger partial charge in [0, 0.05) is 18.8 Å². The number of rotatable bonds is 5. The number of para-hydroxylation sites is 1. The fourth-order valence-electron chi connectivity index (χ4n) is 2.56. The highest BCUT2D eigenvalue weighted by Crippen LogP contribution is 2.20. The average Bonchev–Trinajstić information content (AvgIpc) is 3.04. The lowest BCUT2D eigenvalue weighted by atomic mass is 10.2. The zero-order valence-corrected chi connectivity index (χ0v) is 14.7. The van der Waals surface area contributed by atoms with Gasteiger partial charge in [-0.25, -0.2) is 12.7 Å². The van der Waals surface area contributed by atoms with Crippen molar-refractivity contribution in [3.05, 3.63) is 60.8 Å². The third kappa shape index (κ3) is 3.23. The van der Waals surface area contributed by atoms with Crippen molar-refractivity contribution in [3.63, 3.8) is 0 Å². The number of sulfonamides is 1. The molecule has 1 heterocycles. The Morgan fingerprint density at radius 3 is 2.44 bits per heavy atom. The van der Waals surface area contributed by atoms with Gasteiger partial charge in [0.05, 0.1) is 12.0 Å². The molecule has 0 radical (unpaired) electrons. The Morgan fingerprint density at radius 2 is 1.76 bits per heavy atom. The van der Waals surface area contributed by atoms with E-state index in [0.717, 1.165) is 15.2 Å². The minimum atomic E-state index is -3.90. The van der Waals surface area contributed by atoms with E-state index in [4.69, 9.17) is 4.74 Å². The van der Waals surface area contributed by atoms with Gasteiger partial charge in [-0.05, 0) is 41.8 Å². The van der Waals surface area contributed by atoms with Crippen LogP contribution in [0.25, 0.3) is 10.9 Å². The van der Waals surface area contributed by atoms with E-state index < -0.39 is 15.9 Å². The Bertz CT molecular complexity index is 1010. The zero-order chi connectivity index (χ0) is 18.0. The van der Waals surface area contributed by atoms with Crippen LogP contribution in [0, 0.1) is 0 Å². The maximum absolute atomic E-state index is 12.6. The van der Waals surface area contributed by atoms with Gasteiger partial charge in [-0.3, -0.25) is 4.79 Å². The Hall–Kier alpha value is -2.80. The highest BCUT2D eigenvalue weighted by Gasteiger charge is 2.25. The molecule has 0 saturated heterocycles. The van der Waals surface area contributed by atoms with Crippen LogP contribution in [0.1, 0.15) is 0 Å². The lowest BCUT2D eigenvalue weighted by Crippen LogP contribution is -2.35. The first kappa shape index (κ1) is 17.0. The normalized spacial score (nSPS) is 11.4. The van der Waals surface area contributed by atoms with Crippen LogP contribution in [0.3, 0.4) is 0 Å². The van der Waals surface area contributed by atoms with Gasteiger partial charge in [-0.15, -0.1) is 0 Å². The van der Waals surface area contributed by atoms with Crippen LogP contribution in [-0.4, -0.2) is 37.4 Å². The topological polar surface area (TPSA) is 68.6 Å². The molecule has 2 aromatic carbocycles. The molecule has 0 aliphatic carbocycles. The van der Waals surface area contributed by atoms with E-state index in [1.165, 1.54) is 26.3 Å². The number of aromatic nitrogens is 1. The molecule has 1 amide bonds. The summed E-state index contributed by atoms with van der Waals surface area (Å²) < 4.78 is 32.8. The molecule has 0 N–H and O–H groups in total. The molecule has 1 aromatic heterocycles. The lowest BCUT2D eigenvalue weighted by Gasteiger charge is -2.18. The summed E-state index contributed by atoms with van der Waals surface area (Å²) in [7, 11) is -1.13. The van der Waals surface area contributed by atoms with Crippen molar-refractivity contribution < 1.29 is 17.9 Å². The monoisotopic (exact) mass is 358 g/mol. The van der Waals surface area contributed by atoms with Crippen LogP contribution in [0.5, 0.6) is 5.75 Å². The van der Waals surface area contributed by atoms with E-state index >= 15 is 0 Å². The molecule has 0 aliphatic rings. The first-order valence-corrected chi connectivity index (χ1v) is 9.07. The van der Waals surface area contributed by atoms with Gasteiger partial charge in [-0.1, -0.05) is 18.2 Å². The van der Waals surface area contributed by atoms with Crippen molar-refractivity contribution in [1.82, 2.24) is 8.87 Å². The Balaban J connectivity index is 1.83. The van der Waals surface area contributed by atoms with Gasteiger partial charge in [-0.2, -0.15) is 0 Å². The summed E-state index contributed by atoms with van der Waals surface area (Å²) in [4.78, 5) is 12.5. The maximum atomic E-state index is 12.6. The standard InChI is InChI=1S/C18H18N2O4S/c1-19(25(22,23)16-9-7-15(24-2)8-10-16)18(21)13-20-12-11-14-5-3-4-6-17(14)20/h3-12H,13H2,1-2H3. The number of nitrogens with zero attached hydrogens (tertiary/aromatic N) is 2.